The van der Waals surface area contributed by atoms with Gasteiger partial charge < -0.3 is 9.64 Å². The lowest BCUT2D eigenvalue weighted by Crippen LogP contribution is -2.34. The number of nitrogens with zero attached hydrogens (tertiary/aromatic N) is 1. The highest BCUT2D eigenvalue weighted by Crippen LogP contribution is 2.54. The number of alkyl halides is 3. The molecule has 10 rings (SSSR count). The van der Waals surface area contributed by atoms with Gasteiger partial charge in [0.05, 0.1) is 12.7 Å². The summed E-state index contributed by atoms with van der Waals surface area (Å²) in [6.07, 6.45) is 9.07. The van der Waals surface area contributed by atoms with Gasteiger partial charge in [-0.25, -0.2) is 0 Å². The van der Waals surface area contributed by atoms with Crippen molar-refractivity contribution in [2.24, 2.45) is 0 Å². The average Bonchev–Trinajstić information content (AvgIpc) is 0.774. The fraction of sp³-hybridized carbons (Fsp3) is 0.674. The van der Waals surface area contributed by atoms with Crippen LogP contribution in [0.4, 0.5) is 18.9 Å². The average molecular weight is 1340 g/mol. The number of rotatable bonds is 8. The Hall–Kier alpha value is -4.51. The van der Waals surface area contributed by atoms with Crippen molar-refractivity contribution in [3.63, 3.8) is 0 Å². The van der Waals surface area contributed by atoms with Crippen molar-refractivity contribution >= 4 is 5.69 Å². The van der Waals surface area contributed by atoms with E-state index in [4.69, 9.17) is 4.74 Å². The highest BCUT2D eigenvalue weighted by molar-refractivity contribution is 5.62. The molecule has 5 aliphatic carbocycles. The Bertz CT molecular complexity index is 3430. The molecular formula is C92H142F3NO. The van der Waals surface area contributed by atoms with Crippen LogP contribution in [0.3, 0.4) is 0 Å². The molecule has 0 bridgehead atoms. The molecule has 0 fully saturated rings. The van der Waals surface area contributed by atoms with E-state index >= 15 is 0 Å². The zero-order valence-corrected chi connectivity index (χ0v) is 68.9. The lowest BCUT2D eigenvalue weighted by molar-refractivity contribution is -0.138. The maximum Gasteiger partial charge on any atom is 0.416 e. The summed E-state index contributed by atoms with van der Waals surface area (Å²) in [6.45, 7) is 73.2. The lowest BCUT2D eigenvalue weighted by Gasteiger charge is -2.43. The van der Waals surface area contributed by atoms with Gasteiger partial charge in [0.2, 0.25) is 0 Å². The van der Waals surface area contributed by atoms with Gasteiger partial charge in [-0.2, -0.15) is 13.2 Å². The van der Waals surface area contributed by atoms with Gasteiger partial charge in [0.25, 0.3) is 0 Å². The van der Waals surface area contributed by atoms with E-state index in [2.05, 4.69) is 275 Å². The highest BCUT2D eigenvalue weighted by atomic mass is 19.4. The number of ether oxygens (including phenoxy) is 1. The third-order valence-electron chi connectivity index (χ3n) is 24.9. The van der Waals surface area contributed by atoms with Gasteiger partial charge in [0.15, 0.2) is 0 Å². The van der Waals surface area contributed by atoms with E-state index in [0.717, 1.165) is 36.1 Å². The first-order valence-corrected chi connectivity index (χ1v) is 38.1. The largest absolute Gasteiger partial charge is 0.496 e. The lowest BCUT2D eigenvalue weighted by atomic mass is 9.62. The standard InChI is InChI=1S/C19H31N.C19H30.C18H25F3.C18H28O.C18H28/c1-13(2)14-11-15-16(12-17(14)20(7)8)19(5,6)10-9-18(15,3)4;1-8-14-11-16-17(12-15(14)13(2)3)19(6,7)10-9-18(16,4)5;1-11(2)12-9-14-15(10-13(12)18(19,20)21)17(5,6)8-7-16(14,3)4;1-12(2)13-10-14-15(11-16(13)19-7)18(5,6)9-8-17(14,3)4;1-12(2)14-11-16-15(10-13(14)3)17(4,5)8-9-18(16,6)7/h11-13H,9-10H2,1-8H3;11-13H,8-10H2,1-7H3;9-11H,7-8H2,1-6H3;10-12H,8-9H2,1-7H3;10-12H,8-9H2,1-7H3. The zero-order valence-electron chi connectivity index (χ0n) is 68.9. The first-order chi connectivity index (χ1) is 43.9. The fourth-order valence-electron chi connectivity index (χ4n) is 16.9. The van der Waals surface area contributed by atoms with Crippen LogP contribution >= 0.6 is 0 Å². The molecule has 5 aliphatic rings. The summed E-state index contributed by atoms with van der Waals surface area (Å²) in [4.78, 5) is 2.27. The van der Waals surface area contributed by atoms with Gasteiger partial charge >= 0.3 is 6.18 Å². The Kier molecular flexibility index (Phi) is 24.1. The summed E-state index contributed by atoms with van der Waals surface area (Å²) in [7, 11) is 6.11. The smallest absolute Gasteiger partial charge is 0.416 e. The molecule has 0 N–H and O–H groups in total. The van der Waals surface area contributed by atoms with Gasteiger partial charge in [-0.05, 0) is 274 Å². The van der Waals surface area contributed by atoms with Crippen molar-refractivity contribution in [3.05, 3.63) is 161 Å². The first kappa shape index (κ1) is 81.5. The van der Waals surface area contributed by atoms with Gasteiger partial charge in [0.1, 0.15) is 5.75 Å². The van der Waals surface area contributed by atoms with Crippen molar-refractivity contribution in [2.45, 2.75) is 382 Å². The van der Waals surface area contributed by atoms with Crippen LogP contribution in [-0.4, -0.2) is 21.2 Å². The van der Waals surface area contributed by atoms with Crippen LogP contribution in [-0.2, 0) is 66.7 Å². The summed E-state index contributed by atoms with van der Waals surface area (Å²) < 4.78 is 45.9. The molecule has 542 valence electrons. The number of hydrogen-bond donors (Lipinski definition) is 0. The predicted molar refractivity (Wildman–Crippen MR) is 419 cm³/mol. The van der Waals surface area contributed by atoms with Gasteiger partial charge in [0, 0.05) is 19.8 Å². The monoisotopic (exact) mass is 1330 g/mol. The van der Waals surface area contributed by atoms with Crippen molar-refractivity contribution in [1.82, 2.24) is 0 Å². The van der Waals surface area contributed by atoms with Crippen LogP contribution < -0.4 is 9.64 Å². The minimum absolute atomic E-state index is 0.0569. The quantitative estimate of drug-likeness (QED) is 0.154. The summed E-state index contributed by atoms with van der Waals surface area (Å²) in [6, 6.07) is 22.9. The Labute approximate surface area is 595 Å². The molecule has 5 aromatic carbocycles. The molecule has 0 amide bonds. The summed E-state index contributed by atoms with van der Waals surface area (Å²) in [5.74, 6) is 3.24. The molecule has 5 heteroatoms. The molecule has 0 radical (unpaired) electrons. The molecule has 0 aliphatic heterocycles. The molecule has 5 aromatic rings. The third kappa shape index (κ3) is 17.5. The molecule has 97 heavy (non-hydrogen) atoms. The van der Waals surface area contributed by atoms with Gasteiger partial charge in [-0.15, -0.1) is 0 Å². The van der Waals surface area contributed by atoms with E-state index in [9.17, 15) is 13.2 Å². The summed E-state index contributed by atoms with van der Waals surface area (Å²) >= 11 is 0. The topological polar surface area (TPSA) is 12.5 Å². The fourth-order valence-corrected chi connectivity index (χ4v) is 16.9. The maximum atomic E-state index is 13.4. The van der Waals surface area contributed by atoms with E-state index in [-0.39, 0.29) is 27.6 Å². The van der Waals surface area contributed by atoms with Crippen LogP contribution in [0, 0.1) is 6.92 Å². The predicted octanol–water partition coefficient (Wildman–Crippen LogP) is 27.8. The van der Waals surface area contributed by atoms with Crippen LogP contribution in [0.1, 0.15) is 409 Å². The minimum atomic E-state index is -4.29. The second-order valence-electron chi connectivity index (χ2n) is 39.3. The van der Waals surface area contributed by atoms with E-state index in [1.165, 1.54) is 96.5 Å². The molecule has 0 heterocycles. The summed E-state index contributed by atoms with van der Waals surface area (Å²) in [5, 5.41) is 0. The number of methoxy groups -OCH3 is 1. The number of halogens is 3. The van der Waals surface area contributed by atoms with Crippen molar-refractivity contribution in [3.8, 4) is 5.75 Å². The van der Waals surface area contributed by atoms with Crippen LogP contribution in [0.25, 0.3) is 0 Å². The molecule has 0 atom stereocenters. The van der Waals surface area contributed by atoms with Crippen molar-refractivity contribution in [1.29, 1.82) is 0 Å². The maximum absolute atomic E-state index is 13.4. The molecule has 0 saturated carbocycles. The highest BCUT2D eigenvalue weighted by Gasteiger charge is 2.45. The Morgan fingerprint density at radius 2 is 0.588 bits per heavy atom. The minimum Gasteiger partial charge on any atom is -0.496 e. The number of anilines is 1. The van der Waals surface area contributed by atoms with Gasteiger partial charge in [-0.3, -0.25) is 0 Å². The molecule has 0 aromatic heterocycles. The molecule has 0 unspecified atom stereocenters. The second kappa shape index (κ2) is 28.7. The Morgan fingerprint density at radius 1 is 0.340 bits per heavy atom. The van der Waals surface area contributed by atoms with E-state index in [0.29, 0.717) is 61.7 Å². The Morgan fingerprint density at radius 3 is 0.876 bits per heavy atom. The van der Waals surface area contributed by atoms with Crippen molar-refractivity contribution in [2.75, 3.05) is 26.1 Å². The second-order valence-corrected chi connectivity index (χ2v) is 39.3. The summed E-state index contributed by atoms with van der Waals surface area (Å²) in [5.41, 5.74) is 27.0. The first-order valence-electron chi connectivity index (χ1n) is 38.1. The SMILES string of the molecule is CC(C)c1cc2c(cc1C(F)(F)F)C(C)(C)CCC2(C)C.CC(C)c1cc2c(cc1N(C)C)C(C)(C)CCC2(C)C.CCc1cc2c(cc1C(C)C)C(C)(C)CCC2(C)C.COc1cc2c(cc1C(C)C)C(C)(C)CCC2(C)C.Cc1cc2c(cc1C(C)C)C(C)(C)CCC2(C)C. The number of hydrogen-bond acceptors (Lipinski definition) is 2. The molecule has 2 nitrogen and oxygen atoms in total. The number of benzene rings is 5. The zero-order chi connectivity index (χ0) is 74.1. The van der Waals surface area contributed by atoms with Crippen LogP contribution in [0.2, 0.25) is 0 Å². The van der Waals surface area contributed by atoms with Crippen LogP contribution in [0.5, 0.6) is 5.75 Å². The molecule has 0 saturated heterocycles. The number of aryl methyl sites for hydroxylation is 2. The van der Waals surface area contributed by atoms with E-state index < -0.39 is 11.7 Å². The molecule has 0 spiro atoms. The van der Waals surface area contributed by atoms with E-state index in [1.54, 1.807) is 51.6 Å². The third-order valence-corrected chi connectivity index (χ3v) is 24.9. The molecular weight excluding hydrogens is 1190 g/mol. The normalized spacial score (nSPS) is 20.4. The van der Waals surface area contributed by atoms with Crippen molar-refractivity contribution < 1.29 is 17.9 Å². The van der Waals surface area contributed by atoms with Gasteiger partial charge in [-0.1, -0.05) is 257 Å². The van der Waals surface area contributed by atoms with Crippen LogP contribution in [0.15, 0.2) is 60.7 Å². The van der Waals surface area contributed by atoms with E-state index in [1.807, 2.05) is 19.9 Å². The number of fused-ring (bicyclic) bond motifs is 5. The Balaban J connectivity index is 0.000000192.